The van der Waals surface area contributed by atoms with Crippen LogP contribution in [0.2, 0.25) is 0 Å². The minimum absolute atomic E-state index is 0.0221. The van der Waals surface area contributed by atoms with E-state index in [4.69, 9.17) is 9.47 Å². The number of hydrogen-bond donors (Lipinski definition) is 1. The van der Waals surface area contributed by atoms with Crippen molar-refractivity contribution < 1.29 is 31.9 Å². The maximum Gasteiger partial charge on any atom is 0.341 e. The van der Waals surface area contributed by atoms with Crippen molar-refractivity contribution in [3.63, 3.8) is 0 Å². The Morgan fingerprint density at radius 3 is 2.48 bits per heavy atom. The predicted octanol–water partition coefficient (Wildman–Crippen LogP) is 2.80. The van der Waals surface area contributed by atoms with Crippen LogP contribution in [0.25, 0.3) is 0 Å². The highest BCUT2D eigenvalue weighted by Gasteiger charge is 2.27. The van der Waals surface area contributed by atoms with E-state index in [9.17, 15) is 22.4 Å². The third-order valence-electron chi connectivity index (χ3n) is 4.83. The molecule has 1 saturated heterocycles. The fourth-order valence-corrected chi connectivity index (χ4v) is 4.77. The van der Waals surface area contributed by atoms with Crippen molar-refractivity contribution in [2.24, 2.45) is 0 Å². The molecule has 1 aliphatic heterocycles. The van der Waals surface area contributed by atoms with Gasteiger partial charge in [-0.15, -0.1) is 0 Å². The number of nitrogens with one attached hydrogen (secondary N) is 1. The number of rotatable bonds is 7. The molecule has 0 unspecified atom stereocenters. The van der Waals surface area contributed by atoms with Gasteiger partial charge in [0.1, 0.15) is 11.6 Å². The highest BCUT2D eigenvalue weighted by atomic mass is 32.2. The van der Waals surface area contributed by atoms with Gasteiger partial charge in [-0.2, -0.15) is 4.31 Å². The summed E-state index contributed by atoms with van der Waals surface area (Å²) in [5.74, 6) is -2.23. The number of hydrogen-bond acceptors (Lipinski definition) is 6. The largest absolute Gasteiger partial charge is 0.495 e. The topological polar surface area (TPSA) is 102 Å². The van der Waals surface area contributed by atoms with Gasteiger partial charge in [0.05, 0.1) is 23.3 Å². The van der Waals surface area contributed by atoms with Crippen molar-refractivity contribution >= 4 is 27.6 Å². The van der Waals surface area contributed by atoms with Gasteiger partial charge in [-0.1, -0.05) is 18.6 Å². The molecule has 2 aromatic carbocycles. The lowest BCUT2D eigenvalue weighted by atomic mass is 10.2. The van der Waals surface area contributed by atoms with Crippen LogP contribution in [-0.4, -0.2) is 51.4 Å². The summed E-state index contributed by atoms with van der Waals surface area (Å²) in [6.45, 7) is 0.212. The van der Waals surface area contributed by atoms with Crippen molar-refractivity contribution in [2.75, 3.05) is 32.1 Å². The number of ether oxygens (including phenoxy) is 2. The summed E-state index contributed by atoms with van der Waals surface area (Å²) in [5.41, 5.74) is -0.171. The lowest BCUT2D eigenvalue weighted by Crippen LogP contribution is -2.35. The molecule has 0 aliphatic carbocycles. The Bertz CT molecular complexity index is 1070. The number of benzene rings is 2. The van der Waals surface area contributed by atoms with E-state index in [2.05, 4.69) is 5.32 Å². The number of esters is 1. The van der Waals surface area contributed by atoms with Crippen LogP contribution >= 0.6 is 0 Å². The Hall–Kier alpha value is -2.98. The van der Waals surface area contributed by atoms with Crippen LogP contribution in [0.4, 0.5) is 10.1 Å². The summed E-state index contributed by atoms with van der Waals surface area (Å²) in [6.07, 6.45) is 2.58. The summed E-state index contributed by atoms with van der Waals surface area (Å²) in [7, 11) is -2.34. The van der Waals surface area contributed by atoms with Crippen LogP contribution in [-0.2, 0) is 19.6 Å². The molecule has 1 fully saturated rings. The number of methoxy groups -OCH3 is 1. The van der Waals surface area contributed by atoms with Crippen molar-refractivity contribution in [1.82, 2.24) is 4.31 Å². The van der Waals surface area contributed by atoms with E-state index in [1.807, 2.05) is 0 Å². The molecule has 2 aromatic rings. The smallest absolute Gasteiger partial charge is 0.341 e. The summed E-state index contributed by atoms with van der Waals surface area (Å²) >= 11 is 0. The number of piperidine rings is 1. The molecule has 3 rings (SSSR count). The summed E-state index contributed by atoms with van der Waals surface area (Å²) in [5, 5.41) is 2.48. The SMILES string of the molecule is COc1ccc(S(=O)(=O)N2CCCCC2)cc1NC(=O)COC(=O)c1ccccc1F. The van der Waals surface area contributed by atoms with Gasteiger partial charge in [0, 0.05) is 13.1 Å². The molecule has 8 nitrogen and oxygen atoms in total. The zero-order valence-corrected chi connectivity index (χ0v) is 17.8. The second kappa shape index (κ2) is 9.88. The number of halogens is 1. The highest BCUT2D eigenvalue weighted by molar-refractivity contribution is 7.89. The highest BCUT2D eigenvalue weighted by Crippen LogP contribution is 2.30. The first-order chi connectivity index (χ1) is 14.8. The van der Waals surface area contributed by atoms with Gasteiger partial charge < -0.3 is 14.8 Å². The van der Waals surface area contributed by atoms with Crippen LogP contribution in [0.3, 0.4) is 0 Å². The molecule has 0 spiro atoms. The molecule has 0 bridgehead atoms. The monoisotopic (exact) mass is 450 g/mol. The van der Waals surface area contributed by atoms with Gasteiger partial charge in [-0.3, -0.25) is 4.79 Å². The normalized spacial score (nSPS) is 14.6. The number of sulfonamides is 1. The fourth-order valence-electron chi connectivity index (χ4n) is 3.22. The Morgan fingerprint density at radius 1 is 1.10 bits per heavy atom. The standard InChI is InChI=1S/C21H23FN2O6S/c1-29-19-10-9-15(31(27,28)24-11-5-2-6-12-24)13-18(19)23-20(25)14-30-21(26)16-7-3-4-8-17(16)22/h3-4,7-10,13H,2,5-6,11-12,14H2,1H3,(H,23,25). The zero-order chi connectivity index (χ0) is 22.4. The van der Waals surface area contributed by atoms with Crippen molar-refractivity contribution in [3.05, 3.63) is 53.8 Å². The van der Waals surface area contributed by atoms with Gasteiger partial charge in [-0.05, 0) is 43.2 Å². The third-order valence-corrected chi connectivity index (χ3v) is 6.72. The van der Waals surface area contributed by atoms with Gasteiger partial charge in [-0.25, -0.2) is 17.6 Å². The lowest BCUT2D eigenvalue weighted by Gasteiger charge is -2.26. The summed E-state index contributed by atoms with van der Waals surface area (Å²) in [6, 6.07) is 9.41. The molecule has 10 heteroatoms. The molecule has 0 aromatic heterocycles. The van der Waals surface area contributed by atoms with Crippen LogP contribution in [0.15, 0.2) is 47.4 Å². The van der Waals surface area contributed by atoms with E-state index in [1.165, 1.54) is 47.8 Å². The Morgan fingerprint density at radius 2 is 1.81 bits per heavy atom. The minimum Gasteiger partial charge on any atom is -0.495 e. The molecule has 1 heterocycles. The van der Waals surface area contributed by atoms with Gasteiger partial charge in [0.2, 0.25) is 10.0 Å². The van der Waals surface area contributed by atoms with E-state index >= 15 is 0 Å². The van der Waals surface area contributed by atoms with E-state index in [0.717, 1.165) is 25.3 Å². The van der Waals surface area contributed by atoms with Crippen LogP contribution in [0.5, 0.6) is 5.75 Å². The molecular formula is C21H23FN2O6S. The summed E-state index contributed by atoms with van der Waals surface area (Å²) in [4.78, 5) is 24.2. The van der Waals surface area contributed by atoms with E-state index in [0.29, 0.717) is 13.1 Å². The number of amides is 1. The average Bonchev–Trinajstić information content (AvgIpc) is 2.78. The van der Waals surface area contributed by atoms with Crippen molar-refractivity contribution in [1.29, 1.82) is 0 Å². The molecule has 0 atom stereocenters. The quantitative estimate of drug-likeness (QED) is 0.651. The third kappa shape index (κ3) is 5.39. The average molecular weight is 450 g/mol. The number of anilines is 1. The van der Waals surface area contributed by atoms with E-state index in [1.54, 1.807) is 0 Å². The predicted molar refractivity (Wildman–Crippen MR) is 111 cm³/mol. The maximum atomic E-state index is 13.6. The second-order valence-electron chi connectivity index (χ2n) is 6.93. The first kappa shape index (κ1) is 22.7. The summed E-state index contributed by atoms with van der Waals surface area (Å²) < 4.78 is 50.9. The van der Waals surface area contributed by atoms with E-state index in [-0.39, 0.29) is 21.9 Å². The van der Waals surface area contributed by atoms with Gasteiger partial charge in [0.25, 0.3) is 5.91 Å². The second-order valence-corrected chi connectivity index (χ2v) is 8.87. The molecule has 0 radical (unpaired) electrons. The fraction of sp³-hybridized carbons (Fsp3) is 0.333. The molecule has 1 amide bonds. The number of nitrogens with zero attached hydrogens (tertiary/aromatic N) is 1. The maximum absolute atomic E-state index is 13.6. The van der Waals surface area contributed by atoms with Crippen LogP contribution in [0.1, 0.15) is 29.6 Å². The van der Waals surface area contributed by atoms with Gasteiger partial charge >= 0.3 is 5.97 Å². The molecular weight excluding hydrogens is 427 g/mol. The molecule has 1 aliphatic rings. The van der Waals surface area contributed by atoms with Gasteiger partial charge in [0.15, 0.2) is 6.61 Å². The molecule has 31 heavy (non-hydrogen) atoms. The van der Waals surface area contributed by atoms with E-state index < -0.39 is 34.3 Å². The lowest BCUT2D eigenvalue weighted by molar-refractivity contribution is -0.119. The molecule has 0 saturated carbocycles. The zero-order valence-electron chi connectivity index (χ0n) is 17.0. The van der Waals surface area contributed by atoms with Crippen LogP contribution in [0, 0.1) is 5.82 Å². The molecule has 1 N–H and O–H groups in total. The van der Waals surface area contributed by atoms with Crippen molar-refractivity contribution in [2.45, 2.75) is 24.2 Å². The number of carbonyl (C=O) groups excluding carboxylic acids is 2. The first-order valence-electron chi connectivity index (χ1n) is 9.72. The van der Waals surface area contributed by atoms with Crippen molar-refractivity contribution in [3.8, 4) is 5.75 Å². The first-order valence-corrected chi connectivity index (χ1v) is 11.2. The Labute approximate surface area is 180 Å². The Balaban J connectivity index is 1.71. The van der Waals surface area contributed by atoms with Crippen LogP contribution < -0.4 is 10.1 Å². The number of carbonyl (C=O) groups is 2. The Kier molecular flexibility index (Phi) is 7.24. The minimum atomic E-state index is -3.71. The molecule has 166 valence electrons.